The maximum atomic E-state index is 12.4. The molecule has 0 saturated carbocycles. The van der Waals surface area contributed by atoms with Crippen molar-refractivity contribution < 1.29 is 4.74 Å². The molecule has 0 saturated heterocycles. The second-order valence-electron chi connectivity index (χ2n) is 5.22. The van der Waals surface area contributed by atoms with Crippen LogP contribution in [-0.2, 0) is 12.8 Å². The van der Waals surface area contributed by atoms with Crippen LogP contribution in [0.3, 0.4) is 0 Å². The van der Waals surface area contributed by atoms with Crippen LogP contribution in [0.5, 0.6) is 5.75 Å². The molecule has 0 unspecified atom stereocenters. The Balaban J connectivity index is 1.88. The molecule has 0 fully saturated rings. The molecule has 0 radical (unpaired) electrons. The molecule has 22 heavy (non-hydrogen) atoms. The minimum Gasteiger partial charge on any atom is -0.497 e. The SMILES string of the molecule is COc1ccc(-n2nc3c(cc2=O)CCc2sccc2-3)cc1. The lowest BCUT2D eigenvalue weighted by Gasteiger charge is -2.16. The number of fused-ring (bicyclic) bond motifs is 3. The third-order valence-electron chi connectivity index (χ3n) is 3.95. The van der Waals surface area contributed by atoms with Gasteiger partial charge < -0.3 is 4.74 Å². The highest BCUT2D eigenvalue weighted by molar-refractivity contribution is 7.10. The van der Waals surface area contributed by atoms with Crippen LogP contribution in [0.2, 0.25) is 0 Å². The normalized spacial score (nSPS) is 12.6. The van der Waals surface area contributed by atoms with Gasteiger partial charge in [0.15, 0.2) is 0 Å². The van der Waals surface area contributed by atoms with Crippen molar-refractivity contribution in [3.63, 3.8) is 0 Å². The molecule has 0 aliphatic heterocycles. The van der Waals surface area contributed by atoms with E-state index in [1.54, 1.807) is 24.5 Å². The predicted octanol–water partition coefficient (Wildman–Crippen LogP) is 3.07. The average molecular weight is 310 g/mol. The summed E-state index contributed by atoms with van der Waals surface area (Å²) in [5.41, 5.74) is 3.78. The molecule has 1 aliphatic carbocycles. The Morgan fingerprint density at radius 1 is 1.18 bits per heavy atom. The van der Waals surface area contributed by atoms with Gasteiger partial charge in [0.1, 0.15) is 5.75 Å². The molecule has 0 atom stereocenters. The minimum absolute atomic E-state index is 0.0948. The van der Waals surface area contributed by atoms with Gasteiger partial charge in [-0.3, -0.25) is 4.79 Å². The van der Waals surface area contributed by atoms with Crippen LogP contribution in [0.25, 0.3) is 16.9 Å². The quantitative estimate of drug-likeness (QED) is 0.730. The van der Waals surface area contributed by atoms with Gasteiger partial charge in [0, 0.05) is 16.5 Å². The number of nitrogens with zero attached hydrogens (tertiary/aromatic N) is 2. The first-order chi connectivity index (χ1) is 10.8. The Bertz CT molecular complexity index is 894. The average Bonchev–Trinajstić information content (AvgIpc) is 3.03. The van der Waals surface area contributed by atoms with Crippen molar-refractivity contribution in [3.8, 4) is 22.7 Å². The molecule has 4 nitrogen and oxygen atoms in total. The summed E-state index contributed by atoms with van der Waals surface area (Å²) in [4.78, 5) is 13.7. The first kappa shape index (κ1) is 13.3. The molecule has 0 spiro atoms. The van der Waals surface area contributed by atoms with E-state index in [9.17, 15) is 4.79 Å². The lowest BCUT2D eigenvalue weighted by molar-refractivity contribution is 0.414. The molecule has 1 aliphatic rings. The summed E-state index contributed by atoms with van der Waals surface area (Å²) in [6, 6.07) is 11.2. The highest BCUT2D eigenvalue weighted by atomic mass is 32.1. The molecule has 2 heterocycles. The van der Waals surface area contributed by atoms with Crippen molar-refractivity contribution in [2.75, 3.05) is 7.11 Å². The van der Waals surface area contributed by atoms with Crippen molar-refractivity contribution >= 4 is 11.3 Å². The van der Waals surface area contributed by atoms with E-state index in [2.05, 4.69) is 16.5 Å². The zero-order valence-electron chi connectivity index (χ0n) is 12.1. The number of hydrogen-bond acceptors (Lipinski definition) is 4. The molecule has 5 heteroatoms. The van der Waals surface area contributed by atoms with Gasteiger partial charge in [0.05, 0.1) is 18.5 Å². The maximum absolute atomic E-state index is 12.4. The molecule has 0 N–H and O–H groups in total. The van der Waals surface area contributed by atoms with Crippen LogP contribution < -0.4 is 10.3 Å². The minimum atomic E-state index is -0.0948. The highest BCUT2D eigenvalue weighted by Crippen LogP contribution is 2.34. The van der Waals surface area contributed by atoms with E-state index in [-0.39, 0.29) is 5.56 Å². The maximum Gasteiger partial charge on any atom is 0.271 e. The van der Waals surface area contributed by atoms with Crippen molar-refractivity contribution in [1.29, 1.82) is 0 Å². The van der Waals surface area contributed by atoms with Gasteiger partial charge in [0.2, 0.25) is 0 Å². The third kappa shape index (κ3) is 2.05. The van der Waals surface area contributed by atoms with Gasteiger partial charge in [-0.25, -0.2) is 0 Å². The second kappa shape index (κ2) is 5.10. The number of methoxy groups -OCH3 is 1. The monoisotopic (exact) mass is 310 g/mol. The topological polar surface area (TPSA) is 44.1 Å². The van der Waals surface area contributed by atoms with Crippen LogP contribution in [0.4, 0.5) is 0 Å². The van der Waals surface area contributed by atoms with Crippen molar-refractivity contribution in [1.82, 2.24) is 9.78 Å². The summed E-state index contributed by atoms with van der Waals surface area (Å²) in [6.07, 6.45) is 1.88. The summed E-state index contributed by atoms with van der Waals surface area (Å²) >= 11 is 1.76. The van der Waals surface area contributed by atoms with Gasteiger partial charge in [-0.05, 0) is 54.1 Å². The van der Waals surface area contributed by atoms with E-state index >= 15 is 0 Å². The Labute approximate surface area is 131 Å². The lowest BCUT2D eigenvalue weighted by Crippen LogP contribution is -2.23. The highest BCUT2D eigenvalue weighted by Gasteiger charge is 2.20. The zero-order chi connectivity index (χ0) is 15.1. The summed E-state index contributed by atoms with van der Waals surface area (Å²) in [7, 11) is 1.62. The van der Waals surface area contributed by atoms with E-state index in [0.29, 0.717) is 0 Å². The summed E-state index contributed by atoms with van der Waals surface area (Å²) in [6.45, 7) is 0. The molecular weight excluding hydrogens is 296 g/mol. The number of aryl methyl sites for hydroxylation is 2. The Kier molecular flexibility index (Phi) is 3.08. The zero-order valence-corrected chi connectivity index (χ0v) is 12.9. The number of benzene rings is 1. The Morgan fingerprint density at radius 3 is 2.77 bits per heavy atom. The lowest BCUT2D eigenvalue weighted by atomic mass is 9.96. The van der Waals surface area contributed by atoms with E-state index in [1.165, 1.54) is 9.56 Å². The van der Waals surface area contributed by atoms with E-state index in [4.69, 9.17) is 4.74 Å². The second-order valence-corrected chi connectivity index (χ2v) is 6.22. The molecule has 3 aromatic rings. The largest absolute Gasteiger partial charge is 0.497 e. The fraction of sp³-hybridized carbons (Fsp3) is 0.176. The van der Waals surface area contributed by atoms with Crippen LogP contribution in [0, 0.1) is 0 Å². The van der Waals surface area contributed by atoms with Gasteiger partial charge >= 0.3 is 0 Å². The first-order valence-electron chi connectivity index (χ1n) is 7.10. The fourth-order valence-corrected chi connectivity index (χ4v) is 3.69. The molecule has 1 aromatic carbocycles. The van der Waals surface area contributed by atoms with Crippen molar-refractivity contribution in [2.45, 2.75) is 12.8 Å². The molecule has 2 aromatic heterocycles. The molecular formula is C17H14N2O2S. The smallest absolute Gasteiger partial charge is 0.271 e. The fourth-order valence-electron chi connectivity index (χ4n) is 2.81. The van der Waals surface area contributed by atoms with Gasteiger partial charge in [-0.2, -0.15) is 9.78 Å². The number of thiophene rings is 1. The van der Waals surface area contributed by atoms with E-state index in [1.807, 2.05) is 24.3 Å². The number of hydrogen-bond donors (Lipinski definition) is 0. The first-order valence-corrected chi connectivity index (χ1v) is 7.98. The van der Waals surface area contributed by atoms with Gasteiger partial charge in [0.25, 0.3) is 5.56 Å². The Morgan fingerprint density at radius 2 is 2.00 bits per heavy atom. The van der Waals surface area contributed by atoms with Crippen LogP contribution >= 0.6 is 11.3 Å². The molecule has 4 rings (SSSR count). The number of aromatic nitrogens is 2. The van der Waals surface area contributed by atoms with E-state index in [0.717, 1.165) is 41.1 Å². The van der Waals surface area contributed by atoms with Gasteiger partial charge in [-0.1, -0.05) is 0 Å². The Hall–Kier alpha value is -2.40. The summed E-state index contributed by atoms with van der Waals surface area (Å²) in [5, 5.41) is 6.71. The third-order valence-corrected chi connectivity index (χ3v) is 4.93. The number of rotatable bonds is 2. The summed E-state index contributed by atoms with van der Waals surface area (Å²) in [5.74, 6) is 0.759. The number of ether oxygens (including phenoxy) is 1. The van der Waals surface area contributed by atoms with Crippen molar-refractivity contribution in [3.05, 3.63) is 62.6 Å². The van der Waals surface area contributed by atoms with Crippen LogP contribution in [-0.4, -0.2) is 16.9 Å². The van der Waals surface area contributed by atoms with E-state index < -0.39 is 0 Å². The summed E-state index contributed by atoms with van der Waals surface area (Å²) < 4.78 is 6.62. The van der Waals surface area contributed by atoms with Crippen molar-refractivity contribution in [2.24, 2.45) is 0 Å². The molecule has 110 valence electrons. The molecule has 0 amide bonds. The standard InChI is InChI=1S/C17H14N2O2S/c1-21-13-5-3-12(4-6-13)19-16(20)10-11-2-7-15-14(8-9-22-15)17(11)18-19/h3-6,8-10H,2,7H2,1H3. The molecule has 0 bridgehead atoms. The van der Waals surface area contributed by atoms with Gasteiger partial charge in [-0.15, -0.1) is 11.3 Å². The predicted molar refractivity (Wildman–Crippen MR) is 87.1 cm³/mol. The van der Waals surface area contributed by atoms with Crippen LogP contribution in [0.1, 0.15) is 10.4 Å². The van der Waals surface area contributed by atoms with Crippen LogP contribution in [0.15, 0.2) is 46.6 Å².